The van der Waals surface area contributed by atoms with Gasteiger partial charge in [0, 0.05) is 17.3 Å². The molecular formula is C16H15ClFNOS. The molecule has 110 valence electrons. The van der Waals surface area contributed by atoms with Crippen molar-refractivity contribution < 1.29 is 9.18 Å². The molecule has 0 spiro atoms. The van der Waals surface area contributed by atoms with Gasteiger partial charge in [0.15, 0.2) is 0 Å². The van der Waals surface area contributed by atoms with E-state index in [-0.39, 0.29) is 11.7 Å². The summed E-state index contributed by atoms with van der Waals surface area (Å²) in [6, 6.07) is 14.0. The molecule has 0 fully saturated rings. The number of thioether (sulfide) groups is 1. The molecule has 1 N–H and O–H groups in total. The number of carbonyl (C=O) groups is 1. The molecular weight excluding hydrogens is 309 g/mol. The number of halogens is 2. The molecule has 0 atom stereocenters. The van der Waals surface area contributed by atoms with Crippen LogP contribution in [0.1, 0.15) is 11.1 Å². The SMILES string of the molecule is O=C(CSCc1ccc(F)cc1Cl)NCc1ccccc1. The topological polar surface area (TPSA) is 29.1 Å². The average molecular weight is 324 g/mol. The van der Waals surface area contributed by atoms with Crippen LogP contribution in [0.25, 0.3) is 0 Å². The van der Waals surface area contributed by atoms with Gasteiger partial charge in [-0.1, -0.05) is 48.0 Å². The highest BCUT2D eigenvalue weighted by Gasteiger charge is 2.05. The van der Waals surface area contributed by atoms with Crippen LogP contribution in [0.5, 0.6) is 0 Å². The zero-order valence-corrected chi connectivity index (χ0v) is 12.9. The summed E-state index contributed by atoms with van der Waals surface area (Å²) in [5.41, 5.74) is 1.90. The molecule has 0 aliphatic carbocycles. The van der Waals surface area contributed by atoms with E-state index in [1.165, 1.54) is 23.9 Å². The van der Waals surface area contributed by atoms with E-state index in [1.54, 1.807) is 6.07 Å². The third-order valence-electron chi connectivity index (χ3n) is 2.84. The van der Waals surface area contributed by atoms with Crippen molar-refractivity contribution in [1.29, 1.82) is 0 Å². The lowest BCUT2D eigenvalue weighted by Crippen LogP contribution is -2.24. The summed E-state index contributed by atoms with van der Waals surface area (Å²) in [7, 11) is 0. The van der Waals surface area contributed by atoms with Crippen LogP contribution in [0.2, 0.25) is 5.02 Å². The summed E-state index contributed by atoms with van der Waals surface area (Å²) in [5.74, 6) is 0.551. The van der Waals surface area contributed by atoms with Gasteiger partial charge >= 0.3 is 0 Å². The van der Waals surface area contributed by atoms with Crippen LogP contribution < -0.4 is 5.32 Å². The molecule has 0 heterocycles. The highest BCUT2D eigenvalue weighted by atomic mass is 35.5. The second kappa shape index (κ2) is 8.05. The smallest absolute Gasteiger partial charge is 0.230 e. The van der Waals surface area contributed by atoms with E-state index in [4.69, 9.17) is 11.6 Å². The number of rotatable bonds is 6. The first-order valence-electron chi connectivity index (χ1n) is 6.47. The summed E-state index contributed by atoms with van der Waals surface area (Å²) < 4.78 is 12.9. The van der Waals surface area contributed by atoms with Crippen LogP contribution in [0, 0.1) is 5.82 Å². The molecule has 0 saturated carbocycles. The van der Waals surface area contributed by atoms with Crippen molar-refractivity contribution in [3.05, 3.63) is 70.5 Å². The second-order valence-corrected chi connectivity index (χ2v) is 5.88. The van der Waals surface area contributed by atoms with Crippen LogP contribution >= 0.6 is 23.4 Å². The third kappa shape index (κ3) is 5.40. The van der Waals surface area contributed by atoms with Crippen molar-refractivity contribution in [2.24, 2.45) is 0 Å². The standard InChI is InChI=1S/C16H15ClFNOS/c17-15-8-14(18)7-6-13(15)10-21-11-16(20)19-9-12-4-2-1-3-5-12/h1-8H,9-11H2,(H,19,20). The maximum Gasteiger partial charge on any atom is 0.230 e. The summed E-state index contributed by atoms with van der Waals surface area (Å²) in [6.45, 7) is 0.525. The Morgan fingerprint density at radius 3 is 2.67 bits per heavy atom. The van der Waals surface area contributed by atoms with Gasteiger partial charge in [-0.15, -0.1) is 11.8 Å². The molecule has 0 saturated heterocycles. The minimum absolute atomic E-state index is 0.0258. The molecule has 0 aliphatic heterocycles. The zero-order chi connectivity index (χ0) is 15.1. The van der Waals surface area contributed by atoms with Crippen molar-refractivity contribution in [1.82, 2.24) is 5.32 Å². The summed E-state index contributed by atoms with van der Waals surface area (Å²) in [5, 5.41) is 3.25. The van der Waals surface area contributed by atoms with Crippen molar-refractivity contribution >= 4 is 29.3 Å². The molecule has 0 radical (unpaired) electrons. The molecule has 0 bridgehead atoms. The molecule has 5 heteroatoms. The Balaban J connectivity index is 1.72. The van der Waals surface area contributed by atoms with Gasteiger partial charge in [-0.3, -0.25) is 4.79 Å². The molecule has 0 aromatic heterocycles. The van der Waals surface area contributed by atoms with Gasteiger partial charge in [-0.25, -0.2) is 4.39 Å². The number of amides is 1. The highest BCUT2D eigenvalue weighted by molar-refractivity contribution is 7.99. The van der Waals surface area contributed by atoms with Gasteiger partial charge in [0.2, 0.25) is 5.91 Å². The number of benzene rings is 2. The largest absolute Gasteiger partial charge is 0.351 e. The first-order chi connectivity index (χ1) is 10.1. The van der Waals surface area contributed by atoms with E-state index in [0.717, 1.165) is 11.1 Å². The van der Waals surface area contributed by atoms with Gasteiger partial charge in [-0.2, -0.15) is 0 Å². The Morgan fingerprint density at radius 2 is 1.95 bits per heavy atom. The Bertz CT molecular complexity index is 606. The molecule has 2 aromatic carbocycles. The van der Waals surface area contributed by atoms with Gasteiger partial charge in [0.1, 0.15) is 5.82 Å². The van der Waals surface area contributed by atoms with E-state index in [9.17, 15) is 9.18 Å². The van der Waals surface area contributed by atoms with Crippen molar-refractivity contribution in [3.63, 3.8) is 0 Å². The van der Waals surface area contributed by atoms with Gasteiger partial charge < -0.3 is 5.32 Å². The number of nitrogens with one attached hydrogen (secondary N) is 1. The zero-order valence-electron chi connectivity index (χ0n) is 11.3. The maximum atomic E-state index is 12.9. The van der Waals surface area contributed by atoms with E-state index in [0.29, 0.717) is 23.1 Å². The maximum absolute atomic E-state index is 12.9. The highest BCUT2D eigenvalue weighted by Crippen LogP contribution is 2.22. The van der Waals surface area contributed by atoms with Gasteiger partial charge in [-0.05, 0) is 23.3 Å². The molecule has 2 rings (SSSR count). The fraction of sp³-hybridized carbons (Fsp3) is 0.188. The summed E-state index contributed by atoms with van der Waals surface area (Å²) in [4.78, 5) is 11.7. The lowest BCUT2D eigenvalue weighted by molar-refractivity contribution is -0.118. The van der Waals surface area contributed by atoms with E-state index in [1.807, 2.05) is 30.3 Å². The van der Waals surface area contributed by atoms with Crippen molar-refractivity contribution in [2.75, 3.05) is 5.75 Å². The van der Waals surface area contributed by atoms with Crippen LogP contribution in [0.4, 0.5) is 4.39 Å². The Morgan fingerprint density at radius 1 is 1.19 bits per heavy atom. The summed E-state index contributed by atoms with van der Waals surface area (Å²) in [6.07, 6.45) is 0. The number of carbonyl (C=O) groups excluding carboxylic acids is 1. The number of hydrogen-bond donors (Lipinski definition) is 1. The first-order valence-corrected chi connectivity index (χ1v) is 8.01. The van der Waals surface area contributed by atoms with Gasteiger partial charge in [0.25, 0.3) is 0 Å². The third-order valence-corrected chi connectivity index (χ3v) is 4.17. The molecule has 0 unspecified atom stereocenters. The molecule has 21 heavy (non-hydrogen) atoms. The normalized spacial score (nSPS) is 10.4. The minimum Gasteiger partial charge on any atom is -0.351 e. The van der Waals surface area contributed by atoms with Crippen molar-refractivity contribution in [2.45, 2.75) is 12.3 Å². The molecule has 2 nitrogen and oxygen atoms in total. The molecule has 0 aliphatic rings. The lowest BCUT2D eigenvalue weighted by atomic mass is 10.2. The Kier molecular flexibility index (Phi) is 6.08. The van der Waals surface area contributed by atoms with Crippen LogP contribution in [-0.4, -0.2) is 11.7 Å². The van der Waals surface area contributed by atoms with Gasteiger partial charge in [0.05, 0.1) is 5.75 Å². The monoisotopic (exact) mass is 323 g/mol. The fourth-order valence-corrected chi connectivity index (χ4v) is 2.91. The van der Waals surface area contributed by atoms with Crippen LogP contribution in [-0.2, 0) is 17.1 Å². The quantitative estimate of drug-likeness (QED) is 0.869. The van der Waals surface area contributed by atoms with E-state index in [2.05, 4.69) is 5.32 Å². The second-order valence-electron chi connectivity index (χ2n) is 4.49. The predicted octanol–water partition coefficient (Wildman–Crippen LogP) is 4.03. The number of hydrogen-bond acceptors (Lipinski definition) is 2. The molecule has 2 aromatic rings. The van der Waals surface area contributed by atoms with Crippen LogP contribution in [0.15, 0.2) is 48.5 Å². The fourth-order valence-electron chi connectivity index (χ4n) is 1.74. The first kappa shape index (κ1) is 15.9. The average Bonchev–Trinajstić information content (AvgIpc) is 2.48. The minimum atomic E-state index is -0.352. The Labute approximate surface area is 132 Å². The van der Waals surface area contributed by atoms with E-state index >= 15 is 0 Å². The van der Waals surface area contributed by atoms with Crippen molar-refractivity contribution in [3.8, 4) is 0 Å². The summed E-state index contributed by atoms with van der Waals surface area (Å²) >= 11 is 7.38. The lowest BCUT2D eigenvalue weighted by Gasteiger charge is -2.06. The Hall–Kier alpha value is -1.52. The predicted molar refractivity (Wildman–Crippen MR) is 85.9 cm³/mol. The molecule has 1 amide bonds. The van der Waals surface area contributed by atoms with Crippen LogP contribution in [0.3, 0.4) is 0 Å². The van der Waals surface area contributed by atoms with E-state index < -0.39 is 0 Å².